The summed E-state index contributed by atoms with van der Waals surface area (Å²) >= 11 is 0. The second kappa shape index (κ2) is 7.66. The summed E-state index contributed by atoms with van der Waals surface area (Å²) in [5.41, 5.74) is 3.14. The lowest BCUT2D eigenvalue weighted by atomic mass is 9.56. The van der Waals surface area contributed by atoms with Crippen LogP contribution in [0.3, 0.4) is 0 Å². The number of aromatic carboxylic acids is 1. The molecule has 135 valence electrons. The standard InChI is InChI=1S/C22H20BO4/c1-4-7-15-12-20(24)18-11-13(2)10-17(21(18)27-15)14(3)23-19-9-6-5-8-16(19)22(25)26/h4-12,14H,1-3H3,(H,25,26)/b7-4+. The summed E-state index contributed by atoms with van der Waals surface area (Å²) in [6.45, 7) is 5.76. The summed E-state index contributed by atoms with van der Waals surface area (Å²) in [5, 5.41) is 9.94. The van der Waals surface area contributed by atoms with Gasteiger partial charge in [0.2, 0.25) is 0 Å². The highest BCUT2D eigenvalue weighted by molar-refractivity contribution is 6.57. The minimum Gasteiger partial charge on any atom is -0.478 e. The molecule has 4 nitrogen and oxygen atoms in total. The topological polar surface area (TPSA) is 67.5 Å². The van der Waals surface area contributed by atoms with Crippen LogP contribution in [0, 0.1) is 6.92 Å². The van der Waals surface area contributed by atoms with Crippen molar-refractivity contribution in [2.75, 3.05) is 0 Å². The third-order valence-electron chi connectivity index (χ3n) is 4.46. The van der Waals surface area contributed by atoms with Gasteiger partial charge in [-0.15, -0.1) is 0 Å². The lowest BCUT2D eigenvalue weighted by molar-refractivity contribution is 0.0698. The normalized spacial score (nSPS) is 12.4. The molecule has 1 N–H and O–H groups in total. The molecular formula is C22H20BO4. The van der Waals surface area contributed by atoms with E-state index in [1.165, 1.54) is 6.07 Å². The van der Waals surface area contributed by atoms with Crippen LogP contribution in [0.25, 0.3) is 17.0 Å². The zero-order valence-corrected chi connectivity index (χ0v) is 15.5. The van der Waals surface area contributed by atoms with Crippen LogP contribution in [0.5, 0.6) is 0 Å². The van der Waals surface area contributed by atoms with Crippen LogP contribution in [0.4, 0.5) is 0 Å². The molecule has 3 rings (SSSR count). The van der Waals surface area contributed by atoms with Gasteiger partial charge in [0, 0.05) is 6.07 Å². The van der Waals surface area contributed by atoms with Crippen LogP contribution in [0.1, 0.15) is 46.9 Å². The molecule has 1 atom stereocenters. The van der Waals surface area contributed by atoms with Gasteiger partial charge >= 0.3 is 5.97 Å². The van der Waals surface area contributed by atoms with Crippen molar-refractivity contribution >= 4 is 35.8 Å². The highest BCUT2D eigenvalue weighted by atomic mass is 16.4. The van der Waals surface area contributed by atoms with Crippen molar-refractivity contribution in [3.8, 4) is 0 Å². The quantitative estimate of drug-likeness (QED) is 0.701. The van der Waals surface area contributed by atoms with Gasteiger partial charge < -0.3 is 9.52 Å². The Morgan fingerprint density at radius 3 is 2.67 bits per heavy atom. The van der Waals surface area contributed by atoms with E-state index < -0.39 is 5.97 Å². The van der Waals surface area contributed by atoms with E-state index in [0.717, 1.165) is 11.1 Å². The van der Waals surface area contributed by atoms with Crippen LogP contribution < -0.4 is 10.9 Å². The van der Waals surface area contributed by atoms with Gasteiger partial charge in [-0.25, -0.2) is 4.79 Å². The monoisotopic (exact) mass is 359 g/mol. The number of rotatable bonds is 5. The van der Waals surface area contributed by atoms with Gasteiger partial charge in [-0.05, 0) is 49.0 Å². The first-order chi connectivity index (χ1) is 12.9. The smallest absolute Gasteiger partial charge is 0.335 e. The molecule has 3 aromatic rings. The predicted octanol–water partition coefficient (Wildman–Crippen LogP) is 3.92. The number of hydrogen-bond donors (Lipinski definition) is 1. The summed E-state index contributed by atoms with van der Waals surface area (Å²) in [4.78, 5) is 24.0. The molecule has 0 aliphatic carbocycles. The Labute approximate surface area is 158 Å². The average Bonchev–Trinajstić information content (AvgIpc) is 2.62. The van der Waals surface area contributed by atoms with E-state index in [-0.39, 0.29) is 16.8 Å². The van der Waals surface area contributed by atoms with Gasteiger partial charge in [0.1, 0.15) is 11.3 Å². The maximum absolute atomic E-state index is 12.5. The van der Waals surface area contributed by atoms with Crippen LogP contribution in [0.15, 0.2) is 57.8 Å². The number of carbonyl (C=O) groups is 1. The molecule has 27 heavy (non-hydrogen) atoms. The highest BCUT2D eigenvalue weighted by Gasteiger charge is 2.19. The van der Waals surface area contributed by atoms with Gasteiger partial charge in [-0.2, -0.15) is 0 Å². The van der Waals surface area contributed by atoms with Crippen molar-refractivity contribution in [2.24, 2.45) is 0 Å². The average molecular weight is 359 g/mol. The van der Waals surface area contributed by atoms with Crippen molar-refractivity contribution in [1.82, 2.24) is 0 Å². The summed E-state index contributed by atoms with van der Waals surface area (Å²) in [7, 11) is 1.89. The number of benzene rings is 2. The number of allylic oxidation sites excluding steroid dienone is 1. The molecule has 1 aromatic heterocycles. The zero-order valence-electron chi connectivity index (χ0n) is 15.5. The van der Waals surface area contributed by atoms with Crippen molar-refractivity contribution in [3.05, 3.63) is 81.2 Å². The van der Waals surface area contributed by atoms with E-state index >= 15 is 0 Å². The molecule has 5 heteroatoms. The van der Waals surface area contributed by atoms with Crippen molar-refractivity contribution in [1.29, 1.82) is 0 Å². The molecular weight excluding hydrogens is 339 g/mol. The highest BCUT2D eigenvalue weighted by Crippen LogP contribution is 2.26. The van der Waals surface area contributed by atoms with Gasteiger partial charge in [-0.3, -0.25) is 4.79 Å². The van der Waals surface area contributed by atoms with E-state index in [0.29, 0.717) is 22.2 Å². The van der Waals surface area contributed by atoms with Crippen LogP contribution in [-0.4, -0.2) is 18.4 Å². The molecule has 0 amide bonds. The maximum atomic E-state index is 12.5. The second-order valence-corrected chi connectivity index (χ2v) is 6.59. The number of fused-ring (bicyclic) bond motifs is 1. The number of aryl methyl sites for hydroxylation is 1. The van der Waals surface area contributed by atoms with Crippen molar-refractivity contribution < 1.29 is 14.3 Å². The van der Waals surface area contributed by atoms with E-state index in [1.54, 1.807) is 24.3 Å². The Morgan fingerprint density at radius 1 is 1.22 bits per heavy atom. The fourth-order valence-corrected chi connectivity index (χ4v) is 3.23. The summed E-state index contributed by atoms with van der Waals surface area (Å²) in [6, 6.07) is 12.2. The molecule has 1 radical (unpaired) electrons. The lowest BCUT2D eigenvalue weighted by Gasteiger charge is -2.15. The minimum atomic E-state index is -0.968. The Kier molecular flexibility index (Phi) is 5.31. The fourth-order valence-electron chi connectivity index (χ4n) is 3.23. The molecule has 0 aliphatic heterocycles. The Bertz CT molecular complexity index is 1100. The number of carboxylic acid groups (broad SMARTS) is 1. The molecule has 1 heterocycles. The number of carboxylic acids is 1. The van der Waals surface area contributed by atoms with Crippen molar-refractivity contribution in [3.63, 3.8) is 0 Å². The molecule has 0 fully saturated rings. The Morgan fingerprint density at radius 2 is 1.96 bits per heavy atom. The van der Waals surface area contributed by atoms with Gasteiger partial charge in [-0.1, -0.05) is 42.7 Å². The molecule has 1 unspecified atom stereocenters. The summed E-state index contributed by atoms with van der Waals surface area (Å²) < 4.78 is 5.98. The Balaban J connectivity index is 2.13. The zero-order chi connectivity index (χ0) is 19.6. The lowest BCUT2D eigenvalue weighted by Crippen LogP contribution is -2.26. The van der Waals surface area contributed by atoms with Gasteiger partial charge in [0.15, 0.2) is 12.7 Å². The Hall–Kier alpha value is -3.08. The van der Waals surface area contributed by atoms with Crippen molar-refractivity contribution in [2.45, 2.75) is 26.6 Å². The molecule has 0 aliphatic rings. The van der Waals surface area contributed by atoms with Gasteiger partial charge in [0.05, 0.1) is 10.9 Å². The molecule has 0 spiro atoms. The summed E-state index contributed by atoms with van der Waals surface area (Å²) in [6.07, 6.45) is 3.56. The van der Waals surface area contributed by atoms with E-state index in [1.807, 2.05) is 52.3 Å². The molecule has 0 bridgehead atoms. The largest absolute Gasteiger partial charge is 0.478 e. The van der Waals surface area contributed by atoms with Crippen LogP contribution >= 0.6 is 0 Å². The molecule has 0 saturated heterocycles. The SMILES string of the molecule is C/C=C/c1cc(=O)c2cc(C)cc(C(C)[B]c3ccccc3C(=O)O)c2o1. The third-order valence-corrected chi connectivity index (χ3v) is 4.46. The minimum absolute atomic E-state index is 0.0903. The molecule has 2 aromatic carbocycles. The number of hydrogen-bond acceptors (Lipinski definition) is 3. The first kappa shape index (κ1) is 18.7. The van der Waals surface area contributed by atoms with Crippen LogP contribution in [-0.2, 0) is 0 Å². The second-order valence-electron chi connectivity index (χ2n) is 6.59. The van der Waals surface area contributed by atoms with Gasteiger partial charge in [0.25, 0.3) is 0 Å². The summed E-state index contributed by atoms with van der Waals surface area (Å²) in [5.74, 6) is -0.611. The predicted molar refractivity (Wildman–Crippen MR) is 109 cm³/mol. The van der Waals surface area contributed by atoms with E-state index in [4.69, 9.17) is 4.42 Å². The fraction of sp³-hybridized carbons (Fsp3) is 0.182. The maximum Gasteiger partial charge on any atom is 0.335 e. The first-order valence-corrected chi connectivity index (χ1v) is 8.79. The molecule has 0 saturated carbocycles. The van der Waals surface area contributed by atoms with Crippen LogP contribution in [0.2, 0.25) is 0 Å². The third kappa shape index (κ3) is 3.87. The van der Waals surface area contributed by atoms with E-state index in [2.05, 4.69) is 0 Å². The van der Waals surface area contributed by atoms with E-state index in [9.17, 15) is 14.7 Å². The first-order valence-electron chi connectivity index (χ1n) is 8.79.